The molecule has 0 unspecified atom stereocenters. The number of nitrogens with two attached hydrogens (primary N) is 1. The molecule has 2 nitrogen and oxygen atoms in total. The molecule has 2 heteroatoms. The van der Waals surface area contributed by atoms with Crippen LogP contribution in [0.1, 0.15) is 58.2 Å². The molecule has 0 bridgehead atoms. The quantitative estimate of drug-likeness (QED) is 0.772. The lowest BCUT2D eigenvalue weighted by molar-refractivity contribution is 0.313. The highest BCUT2D eigenvalue weighted by molar-refractivity contribution is 5.86. The van der Waals surface area contributed by atoms with E-state index in [-0.39, 0.29) is 5.54 Å². The van der Waals surface area contributed by atoms with Crippen LogP contribution in [0, 0.1) is 6.92 Å². The second-order valence-electron chi connectivity index (χ2n) is 6.67. The van der Waals surface area contributed by atoms with Gasteiger partial charge < -0.3 is 10.3 Å². The zero-order valence-corrected chi connectivity index (χ0v) is 14.7. The first-order valence-corrected chi connectivity index (χ1v) is 8.46. The molecular weight excluding hydrogens is 268 g/mol. The highest BCUT2D eigenvalue weighted by Gasteiger charge is 2.28. The summed E-state index contributed by atoms with van der Waals surface area (Å²) in [6, 6.07) is 8.82. The molecule has 1 heterocycles. The third-order valence-corrected chi connectivity index (χ3v) is 4.91. The molecule has 1 atom stereocenters. The number of fused-ring (bicyclic) bond motifs is 1. The van der Waals surface area contributed by atoms with Crippen LogP contribution in [0.4, 0.5) is 0 Å². The number of benzene rings is 1. The number of aromatic nitrogens is 1. The molecule has 1 aromatic heterocycles. The van der Waals surface area contributed by atoms with Gasteiger partial charge in [0.2, 0.25) is 0 Å². The van der Waals surface area contributed by atoms with E-state index in [1.165, 1.54) is 28.6 Å². The maximum atomic E-state index is 5.89. The fourth-order valence-electron chi connectivity index (χ4n) is 3.47. The Balaban J connectivity index is 2.67. The Morgan fingerprint density at radius 2 is 1.95 bits per heavy atom. The van der Waals surface area contributed by atoms with E-state index in [1.54, 1.807) is 0 Å². The van der Waals surface area contributed by atoms with Gasteiger partial charge in [0.15, 0.2) is 0 Å². The van der Waals surface area contributed by atoms with Crippen LogP contribution in [0.2, 0.25) is 0 Å². The molecule has 0 aliphatic carbocycles. The van der Waals surface area contributed by atoms with Crippen molar-refractivity contribution in [2.24, 2.45) is 5.73 Å². The normalized spacial score (nSPS) is 15.2. The zero-order valence-electron chi connectivity index (χ0n) is 14.7. The Morgan fingerprint density at radius 3 is 2.55 bits per heavy atom. The predicted molar refractivity (Wildman–Crippen MR) is 97.2 cm³/mol. The Bertz CT molecular complexity index is 674. The van der Waals surface area contributed by atoms with E-state index in [9.17, 15) is 0 Å². The minimum atomic E-state index is 0.0658. The summed E-state index contributed by atoms with van der Waals surface area (Å²) in [5.41, 5.74) is 11.1. The van der Waals surface area contributed by atoms with Gasteiger partial charge in [-0.2, -0.15) is 0 Å². The van der Waals surface area contributed by atoms with Gasteiger partial charge in [-0.3, -0.25) is 0 Å². The van der Waals surface area contributed by atoms with Crippen LogP contribution in [0.5, 0.6) is 0 Å². The topological polar surface area (TPSA) is 30.9 Å². The van der Waals surface area contributed by atoms with E-state index in [2.05, 4.69) is 62.6 Å². The summed E-state index contributed by atoms with van der Waals surface area (Å²) in [5.74, 6) is 0. The molecule has 1 aromatic carbocycles. The summed E-state index contributed by atoms with van der Waals surface area (Å²) in [7, 11) is 0. The second-order valence-corrected chi connectivity index (χ2v) is 6.67. The van der Waals surface area contributed by atoms with Crippen LogP contribution in [-0.4, -0.2) is 4.57 Å². The number of hydrogen-bond donors (Lipinski definition) is 1. The molecule has 2 aromatic rings. The smallest absolute Gasteiger partial charge is 0.0490 e. The average Bonchev–Trinajstić information content (AvgIpc) is 2.79. The lowest BCUT2D eigenvalue weighted by atomic mass is 9.92. The molecule has 2 N–H and O–H groups in total. The molecule has 0 aliphatic heterocycles. The second kappa shape index (κ2) is 6.60. The summed E-state index contributed by atoms with van der Waals surface area (Å²) in [6.07, 6.45) is 6.54. The first-order chi connectivity index (χ1) is 10.4. The summed E-state index contributed by atoms with van der Waals surface area (Å²) in [5, 5.41) is 1.41. The molecule has 0 radical (unpaired) electrons. The van der Waals surface area contributed by atoms with Crippen molar-refractivity contribution in [3.05, 3.63) is 47.3 Å². The minimum absolute atomic E-state index is 0.0658. The monoisotopic (exact) mass is 298 g/mol. The van der Waals surface area contributed by atoms with Crippen LogP contribution in [0.25, 0.3) is 10.9 Å². The van der Waals surface area contributed by atoms with Crippen molar-refractivity contribution in [3.63, 3.8) is 0 Å². The number of aryl methyl sites for hydroxylation is 1. The van der Waals surface area contributed by atoms with Crippen LogP contribution < -0.4 is 5.73 Å². The van der Waals surface area contributed by atoms with Crippen molar-refractivity contribution in [1.82, 2.24) is 4.57 Å². The van der Waals surface area contributed by atoms with Crippen molar-refractivity contribution in [2.45, 2.75) is 65.8 Å². The van der Waals surface area contributed by atoms with Gasteiger partial charge in [-0.1, -0.05) is 44.5 Å². The molecule has 2 rings (SSSR count). The van der Waals surface area contributed by atoms with Crippen molar-refractivity contribution in [3.8, 4) is 0 Å². The van der Waals surface area contributed by atoms with Gasteiger partial charge in [-0.05, 0) is 51.7 Å². The van der Waals surface area contributed by atoms with E-state index in [0.29, 0.717) is 0 Å². The van der Waals surface area contributed by atoms with E-state index in [0.717, 1.165) is 25.0 Å². The van der Waals surface area contributed by atoms with Crippen LogP contribution >= 0.6 is 0 Å². The SMILES string of the molecule is CCCc1c(C)n([C@@](C)(CC)C/C=C(\C)N)c2ccccc12. The van der Waals surface area contributed by atoms with E-state index >= 15 is 0 Å². The average molecular weight is 298 g/mol. The van der Waals surface area contributed by atoms with Gasteiger partial charge in [0, 0.05) is 27.8 Å². The van der Waals surface area contributed by atoms with Gasteiger partial charge in [-0.15, -0.1) is 0 Å². The summed E-state index contributed by atoms with van der Waals surface area (Å²) < 4.78 is 2.55. The third-order valence-electron chi connectivity index (χ3n) is 4.91. The van der Waals surface area contributed by atoms with Crippen LogP contribution in [0.15, 0.2) is 36.0 Å². The standard InChI is InChI=1S/C20H30N2/c1-6-10-17-16(4)22(19-12-9-8-11-18(17)19)20(5,7-2)14-13-15(3)21/h8-9,11-13H,6-7,10,14,21H2,1-5H3/b15-13+/t20-/m0/s1. The van der Waals surface area contributed by atoms with Crippen molar-refractivity contribution >= 4 is 10.9 Å². The maximum Gasteiger partial charge on any atom is 0.0490 e. The Morgan fingerprint density at radius 1 is 1.27 bits per heavy atom. The molecule has 0 saturated heterocycles. The number of para-hydroxylation sites is 1. The lowest BCUT2D eigenvalue weighted by Crippen LogP contribution is -2.30. The van der Waals surface area contributed by atoms with Gasteiger partial charge in [0.1, 0.15) is 0 Å². The Kier molecular flexibility index (Phi) is 5.00. The third kappa shape index (κ3) is 2.92. The van der Waals surface area contributed by atoms with Gasteiger partial charge >= 0.3 is 0 Å². The zero-order chi connectivity index (χ0) is 16.3. The molecule has 120 valence electrons. The fraction of sp³-hybridized carbons (Fsp3) is 0.500. The number of allylic oxidation sites excluding steroid dienone is 2. The molecule has 0 spiro atoms. The summed E-state index contributed by atoms with van der Waals surface area (Å²) >= 11 is 0. The predicted octanol–water partition coefficient (Wildman–Crippen LogP) is 5.28. The van der Waals surface area contributed by atoms with Gasteiger partial charge in [0.05, 0.1) is 0 Å². The van der Waals surface area contributed by atoms with Crippen LogP contribution in [0.3, 0.4) is 0 Å². The van der Waals surface area contributed by atoms with Crippen molar-refractivity contribution in [2.75, 3.05) is 0 Å². The number of hydrogen-bond acceptors (Lipinski definition) is 1. The fourth-order valence-corrected chi connectivity index (χ4v) is 3.47. The molecule has 0 fully saturated rings. The molecular formula is C20H30N2. The van der Waals surface area contributed by atoms with Gasteiger partial charge in [-0.25, -0.2) is 0 Å². The van der Waals surface area contributed by atoms with E-state index in [4.69, 9.17) is 5.73 Å². The first kappa shape index (κ1) is 16.7. The van der Waals surface area contributed by atoms with Gasteiger partial charge in [0.25, 0.3) is 0 Å². The summed E-state index contributed by atoms with van der Waals surface area (Å²) in [6.45, 7) is 11.1. The molecule has 0 amide bonds. The first-order valence-electron chi connectivity index (χ1n) is 8.46. The van der Waals surface area contributed by atoms with Crippen LogP contribution in [-0.2, 0) is 12.0 Å². The van der Waals surface area contributed by atoms with E-state index in [1.807, 2.05) is 6.92 Å². The Labute approximate surface area is 135 Å². The van der Waals surface area contributed by atoms with Crippen molar-refractivity contribution < 1.29 is 0 Å². The highest BCUT2D eigenvalue weighted by atomic mass is 15.1. The lowest BCUT2D eigenvalue weighted by Gasteiger charge is -2.32. The van der Waals surface area contributed by atoms with Crippen molar-refractivity contribution in [1.29, 1.82) is 0 Å². The molecule has 0 saturated carbocycles. The minimum Gasteiger partial charge on any atom is -0.403 e. The van der Waals surface area contributed by atoms with E-state index < -0.39 is 0 Å². The largest absolute Gasteiger partial charge is 0.403 e. The highest BCUT2D eigenvalue weighted by Crippen LogP contribution is 2.36. The summed E-state index contributed by atoms with van der Waals surface area (Å²) in [4.78, 5) is 0. The maximum absolute atomic E-state index is 5.89. The number of rotatable bonds is 6. The Hall–Kier alpha value is -1.70. The molecule has 0 aliphatic rings. The molecule has 22 heavy (non-hydrogen) atoms. The number of nitrogens with zero attached hydrogens (tertiary/aromatic N) is 1.